The molecule has 0 aromatic rings. The van der Waals surface area contributed by atoms with E-state index in [2.05, 4.69) is 5.32 Å². The first-order chi connectivity index (χ1) is 3.18. The van der Waals surface area contributed by atoms with Crippen molar-refractivity contribution in [2.75, 3.05) is 7.05 Å². The van der Waals surface area contributed by atoms with Crippen molar-refractivity contribution < 1.29 is 4.79 Å². The number of amides is 1. The molecule has 1 unspecified atom stereocenters. The van der Waals surface area contributed by atoms with Gasteiger partial charge in [0.1, 0.15) is 0 Å². The van der Waals surface area contributed by atoms with Crippen molar-refractivity contribution >= 4 is 5.91 Å². The van der Waals surface area contributed by atoms with Crippen LogP contribution in [0.5, 0.6) is 0 Å². The first-order valence-corrected chi connectivity index (χ1v) is 2.15. The minimum absolute atomic E-state index is 0.208. The normalized spacial score (nSPS) is 13.4. The average Bonchev–Trinajstić information content (AvgIpc) is 1.65. The number of likely N-dealkylation sites (N-methyl/N-ethyl adjacent to an activating group) is 1. The Kier molecular flexibility index (Phi) is 2.37. The molecule has 7 heavy (non-hydrogen) atoms. The molecule has 0 aromatic carbocycles. The number of nitrogens with one attached hydrogen (secondary N) is 1. The number of nitrogens with two attached hydrogens (primary N) is 1. The van der Waals surface area contributed by atoms with Gasteiger partial charge in [-0.05, 0) is 14.0 Å². The number of carbonyl (C=O) groups excluding carboxylic acids is 1. The summed E-state index contributed by atoms with van der Waals surface area (Å²) in [5.74, 6) is -0.317. The van der Waals surface area contributed by atoms with E-state index in [1.54, 1.807) is 14.0 Å². The lowest BCUT2D eigenvalue weighted by molar-refractivity contribution is -0.119. The number of hydrogen-bond acceptors (Lipinski definition) is 2. The molecule has 0 aliphatic rings. The lowest BCUT2D eigenvalue weighted by atomic mass is 10.3. The highest BCUT2D eigenvalue weighted by molar-refractivity contribution is 5.79. The Hall–Kier alpha value is -0.570. The largest absolute Gasteiger partial charge is 0.368 e. The number of rotatable bonds is 2. The standard InChI is InChI=1S/C4H10N2O/c1-3(6-2)4(5)7/h3,6H,1-2H3,(H2,5,7). The minimum atomic E-state index is -0.317. The van der Waals surface area contributed by atoms with Gasteiger partial charge in [-0.2, -0.15) is 0 Å². The fraction of sp³-hybridized carbons (Fsp3) is 0.750. The molecule has 0 spiro atoms. The molecule has 0 aromatic heterocycles. The van der Waals surface area contributed by atoms with E-state index in [0.717, 1.165) is 0 Å². The fourth-order valence-corrected chi connectivity index (χ4v) is 0.142. The summed E-state index contributed by atoms with van der Waals surface area (Å²) in [5.41, 5.74) is 4.85. The predicted molar refractivity (Wildman–Crippen MR) is 27.7 cm³/mol. The van der Waals surface area contributed by atoms with Crippen LogP contribution in [0.4, 0.5) is 0 Å². The van der Waals surface area contributed by atoms with Gasteiger partial charge in [-0.3, -0.25) is 4.79 Å². The van der Waals surface area contributed by atoms with Gasteiger partial charge in [0.15, 0.2) is 0 Å². The Labute approximate surface area is 42.9 Å². The lowest BCUT2D eigenvalue weighted by Gasteiger charge is -2.01. The summed E-state index contributed by atoms with van der Waals surface area (Å²) < 4.78 is 0. The molecular weight excluding hydrogens is 92.1 g/mol. The van der Waals surface area contributed by atoms with Crippen LogP contribution in [0.3, 0.4) is 0 Å². The summed E-state index contributed by atoms with van der Waals surface area (Å²) in [7, 11) is 1.69. The zero-order valence-corrected chi connectivity index (χ0v) is 4.56. The summed E-state index contributed by atoms with van der Waals surface area (Å²) in [4.78, 5) is 10.1. The summed E-state index contributed by atoms with van der Waals surface area (Å²) in [6.07, 6.45) is 0. The molecule has 3 nitrogen and oxygen atoms in total. The molecule has 0 aliphatic heterocycles. The molecule has 0 fully saturated rings. The van der Waals surface area contributed by atoms with Gasteiger partial charge in [-0.25, -0.2) is 0 Å². The highest BCUT2D eigenvalue weighted by atomic mass is 16.1. The summed E-state index contributed by atoms with van der Waals surface area (Å²) in [5, 5.41) is 2.69. The van der Waals surface area contributed by atoms with Crippen LogP contribution < -0.4 is 11.1 Å². The maximum absolute atomic E-state index is 10.1. The molecule has 0 saturated heterocycles. The first kappa shape index (κ1) is 6.43. The lowest BCUT2D eigenvalue weighted by Crippen LogP contribution is -2.36. The van der Waals surface area contributed by atoms with Gasteiger partial charge in [0.2, 0.25) is 5.91 Å². The smallest absolute Gasteiger partial charge is 0.234 e. The molecule has 0 rings (SSSR count). The quantitative estimate of drug-likeness (QED) is 0.473. The molecule has 0 aliphatic carbocycles. The van der Waals surface area contributed by atoms with E-state index >= 15 is 0 Å². The number of primary amides is 1. The molecule has 1 amide bonds. The van der Waals surface area contributed by atoms with Crippen molar-refractivity contribution in [1.82, 2.24) is 5.32 Å². The van der Waals surface area contributed by atoms with E-state index in [1.165, 1.54) is 0 Å². The Morgan fingerprint density at radius 1 is 1.86 bits per heavy atom. The molecule has 0 bridgehead atoms. The van der Waals surface area contributed by atoms with Crippen LogP contribution in [-0.4, -0.2) is 19.0 Å². The van der Waals surface area contributed by atoms with E-state index in [4.69, 9.17) is 5.73 Å². The van der Waals surface area contributed by atoms with Crippen molar-refractivity contribution in [3.8, 4) is 0 Å². The van der Waals surface area contributed by atoms with Crippen LogP contribution in [0.15, 0.2) is 0 Å². The molecule has 1 atom stereocenters. The van der Waals surface area contributed by atoms with Crippen molar-refractivity contribution in [1.29, 1.82) is 0 Å². The van der Waals surface area contributed by atoms with Crippen LogP contribution in [-0.2, 0) is 4.79 Å². The van der Waals surface area contributed by atoms with Gasteiger partial charge in [0.05, 0.1) is 6.04 Å². The minimum Gasteiger partial charge on any atom is -0.368 e. The second-order valence-electron chi connectivity index (χ2n) is 1.41. The molecule has 42 valence electrons. The summed E-state index contributed by atoms with van der Waals surface area (Å²) >= 11 is 0. The fourth-order valence-electron chi connectivity index (χ4n) is 0.142. The van der Waals surface area contributed by atoms with Crippen molar-refractivity contribution in [3.63, 3.8) is 0 Å². The van der Waals surface area contributed by atoms with Crippen LogP contribution in [0.1, 0.15) is 6.92 Å². The average molecular weight is 102 g/mol. The molecule has 3 N–H and O–H groups in total. The van der Waals surface area contributed by atoms with Crippen molar-refractivity contribution in [2.24, 2.45) is 5.73 Å². The summed E-state index contributed by atoms with van der Waals surface area (Å²) in [6.45, 7) is 1.71. The second kappa shape index (κ2) is 2.58. The SMILES string of the molecule is CNC(C)C(N)=O. The van der Waals surface area contributed by atoms with Gasteiger partial charge < -0.3 is 11.1 Å². The first-order valence-electron chi connectivity index (χ1n) is 2.15. The Morgan fingerprint density at radius 2 is 2.29 bits per heavy atom. The Balaban J connectivity index is 3.34. The Morgan fingerprint density at radius 3 is 2.29 bits per heavy atom. The van der Waals surface area contributed by atoms with Crippen molar-refractivity contribution in [2.45, 2.75) is 13.0 Å². The summed E-state index contributed by atoms with van der Waals surface area (Å²) in [6, 6.07) is -0.208. The van der Waals surface area contributed by atoms with Gasteiger partial charge in [-0.15, -0.1) is 0 Å². The third-order valence-electron chi connectivity index (χ3n) is 0.860. The second-order valence-corrected chi connectivity index (χ2v) is 1.41. The van der Waals surface area contributed by atoms with E-state index in [1.807, 2.05) is 0 Å². The molecule has 0 radical (unpaired) electrons. The topological polar surface area (TPSA) is 55.1 Å². The monoisotopic (exact) mass is 102 g/mol. The van der Waals surface area contributed by atoms with Gasteiger partial charge in [0, 0.05) is 0 Å². The number of carbonyl (C=O) groups is 1. The van der Waals surface area contributed by atoms with Crippen molar-refractivity contribution in [3.05, 3.63) is 0 Å². The third kappa shape index (κ3) is 2.17. The molecular formula is C4H10N2O. The van der Waals surface area contributed by atoms with E-state index < -0.39 is 0 Å². The van der Waals surface area contributed by atoms with Crippen LogP contribution in [0.2, 0.25) is 0 Å². The van der Waals surface area contributed by atoms with E-state index in [9.17, 15) is 4.79 Å². The molecule has 0 saturated carbocycles. The number of hydrogen-bond donors (Lipinski definition) is 2. The zero-order valence-electron chi connectivity index (χ0n) is 4.56. The van der Waals surface area contributed by atoms with Gasteiger partial charge >= 0.3 is 0 Å². The third-order valence-corrected chi connectivity index (χ3v) is 0.860. The predicted octanol–water partition coefficient (Wildman–Crippen LogP) is -0.920. The molecule has 3 heteroatoms. The Bertz CT molecular complexity index is 72.1. The van der Waals surface area contributed by atoms with Crippen LogP contribution in [0, 0.1) is 0 Å². The van der Waals surface area contributed by atoms with Crippen LogP contribution in [0.25, 0.3) is 0 Å². The van der Waals surface area contributed by atoms with Gasteiger partial charge in [-0.1, -0.05) is 0 Å². The maximum atomic E-state index is 10.1. The van der Waals surface area contributed by atoms with Crippen LogP contribution >= 0.6 is 0 Å². The highest BCUT2D eigenvalue weighted by Crippen LogP contribution is 1.71. The van der Waals surface area contributed by atoms with E-state index in [-0.39, 0.29) is 11.9 Å². The van der Waals surface area contributed by atoms with Gasteiger partial charge in [0.25, 0.3) is 0 Å². The zero-order chi connectivity index (χ0) is 5.86. The van der Waals surface area contributed by atoms with E-state index in [0.29, 0.717) is 0 Å². The maximum Gasteiger partial charge on any atom is 0.234 e. The highest BCUT2D eigenvalue weighted by Gasteiger charge is 2.01. The molecule has 0 heterocycles.